The van der Waals surface area contributed by atoms with Crippen molar-refractivity contribution in [1.29, 1.82) is 0 Å². The third-order valence-electron chi connectivity index (χ3n) is 3.92. The molecule has 0 fully saturated rings. The van der Waals surface area contributed by atoms with E-state index in [2.05, 4.69) is 10.6 Å². The molecule has 0 radical (unpaired) electrons. The average molecular weight is 456 g/mol. The van der Waals surface area contributed by atoms with Crippen molar-refractivity contribution in [1.82, 2.24) is 0 Å². The Balaban J connectivity index is 1.84. The molecule has 0 amide bonds. The number of benzene rings is 3. The van der Waals surface area contributed by atoms with Gasteiger partial charge in [0.2, 0.25) is 0 Å². The van der Waals surface area contributed by atoms with Crippen molar-refractivity contribution in [2.45, 2.75) is 0 Å². The first kappa shape index (κ1) is 21.7. The first-order chi connectivity index (χ1) is 14.2. The molecule has 0 saturated heterocycles. The number of hydrogen-bond donors (Lipinski definition) is 2. The quantitative estimate of drug-likeness (QED) is 0.282. The monoisotopic (exact) mass is 456 g/mol. The largest absolute Gasteiger partial charge is 0.344 e. The summed E-state index contributed by atoms with van der Waals surface area (Å²) in [5.74, 6) is -8.84. The minimum absolute atomic E-state index is 0.110. The van der Waals surface area contributed by atoms with E-state index in [-0.39, 0.29) is 21.1 Å². The molecule has 0 aromatic heterocycles. The van der Waals surface area contributed by atoms with Gasteiger partial charge in [-0.3, -0.25) is 0 Å². The molecule has 0 aliphatic rings. The Hall–Kier alpha value is -2.98. The number of anilines is 2. The van der Waals surface area contributed by atoms with Gasteiger partial charge in [-0.25, -0.2) is 26.3 Å². The van der Waals surface area contributed by atoms with Crippen LogP contribution < -0.4 is 10.6 Å². The lowest BCUT2D eigenvalue weighted by Crippen LogP contribution is -2.16. The topological polar surface area (TPSA) is 24.1 Å². The van der Waals surface area contributed by atoms with Gasteiger partial charge >= 0.3 is 0 Å². The van der Waals surface area contributed by atoms with Crippen LogP contribution in [0.15, 0.2) is 48.5 Å². The number of nitrogens with one attached hydrogen (secondary N) is 2. The van der Waals surface area contributed by atoms with Crippen LogP contribution in [0.3, 0.4) is 0 Å². The minimum atomic E-state index is -1.62. The molecule has 0 spiro atoms. The van der Waals surface area contributed by atoms with E-state index in [0.29, 0.717) is 11.4 Å². The Labute approximate surface area is 177 Å². The van der Waals surface area contributed by atoms with Gasteiger partial charge in [0.15, 0.2) is 34.9 Å². The molecule has 0 atom stereocenters. The van der Waals surface area contributed by atoms with Crippen LogP contribution in [0.2, 0.25) is 0 Å². The predicted molar refractivity (Wildman–Crippen MR) is 110 cm³/mol. The van der Waals surface area contributed by atoms with E-state index in [1.807, 2.05) is 0 Å². The molecule has 0 unspecified atom stereocenters. The Bertz CT molecular complexity index is 1030. The molecule has 0 aliphatic carbocycles. The summed E-state index contributed by atoms with van der Waals surface area (Å²) >= 11 is 10.2. The SMILES string of the molecule is Fc1cc(C(=S)Nc2ccccc2NC(=S)c2cc(F)c(F)c(F)c2)cc(F)c1F. The highest BCUT2D eigenvalue weighted by Crippen LogP contribution is 2.24. The van der Waals surface area contributed by atoms with Gasteiger partial charge in [0, 0.05) is 11.1 Å². The highest BCUT2D eigenvalue weighted by atomic mass is 32.1. The zero-order valence-electron chi connectivity index (χ0n) is 14.7. The van der Waals surface area contributed by atoms with E-state index in [9.17, 15) is 26.3 Å². The lowest BCUT2D eigenvalue weighted by Gasteiger charge is -2.15. The second-order valence-electron chi connectivity index (χ2n) is 5.96. The molecule has 3 rings (SSSR count). The third-order valence-corrected chi connectivity index (χ3v) is 4.59. The summed E-state index contributed by atoms with van der Waals surface area (Å²) < 4.78 is 80.1. The van der Waals surface area contributed by atoms with Gasteiger partial charge in [-0.15, -0.1) is 0 Å². The number of halogens is 6. The zero-order valence-corrected chi connectivity index (χ0v) is 16.3. The highest BCUT2D eigenvalue weighted by molar-refractivity contribution is 7.81. The molecule has 3 aromatic rings. The van der Waals surface area contributed by atoms with E-state index >= 15 is 0 Å². The van der Waals surface area contributed by atoms with Gasteiger partial charge in [0.25, 0.3) is 0 Å². The van der Waals surface area contributed by atoms with Crippen molar-refractivity contribution < 1.29 is 26.3 Å². The van der Waals surface area contributed by atoms with Crippen LogP contribution in [0, 0.1) is 34.9 Å². The smallest absolute Gasteiger partial charge is 0.194 e. The summed E-state index contributed by atoms with van der Waals surface area (Å²) in [5.41, 5.74) is 0.388. The molecule has 30 heavy (non-hydrogen) atoms. The second kappa shape index (κ2) is 8.80. The number of para-hydroxylation sites is 2. The van der Waals surface area contributed by atoms with Crippen molar-refractivity contribution in [3.8, 4) is 0 Å². The summed E-state index contributed by atoms with van der Waals surface area (Å²) in [6.07, 6.45) is 0. The zero-order chi connectivity index (χ0) is 22.0. The summed E-state index contributed by atoms with van der Waals surface area (Å²) in [6, 6.07) is 9.25. The van der Waals surface area contributed by atoms with E-state index in [0.717, 1.165) is 24.3 Å². The van der Waals surface area contributed by atoms with Crippen LogP contribution in [-0.4, -0.2) is 9.98 Å². The average Bonchev–Trinajstić information content (AvgIpc) is 2.70. The maximum absolute atomic E-state index is 13.5. The molecule has 2 N–H and O–H groups in total. The maximum atomic E-state index is 13.5. The van der Waals surface area contributed by atoms with Gasteiger partial charge in [0.05, 0.1) is 11.4 Å². The lowest BCUT2D eigenvalue weighted by atomic mass is 10.1. The standard InChI is InChI=1S/C20H10F6N2S2/c21-11-5-9(6-12(22)17(11)25)19(29)27-15-3-1-2-4-16(15)28-20(30)10-7-13(23)18(26)14(24)8-10/h1-8H,(H,27,29)(H,28,30). The fraction of sp³-hybridized carbons (Fsp3) is 0. The third kappa shape index (κ3) is 4.60. The van der Waals surface area contributed by atoms with Crippen LogP contribution >= 0.6 is 24.4 Å². The fourth-order valence-electron chi connectivity index (χ4n) is 2.46. The van der Waals surface area contributed by atoms with Crippen molar-refractivity contribution in [3.63, 3.8) is 0 Å². The van der Waals surface area contributed by atoms with E-state index in [4.69, 9.17) is 24.4 Å². The van der Waals surface area contributed by atoms with Crippen LogP contribution in [0.4, 0.5) is 37.7 Å². The fourth-order valence-corrected chi connectivity index (χ4v) is 2.92. The number of rotatable bonds is 4. The molecule has 10 heteroatoms. The van der Waals surface area contributed by atoms with Crippen molar-refractivity contribution in [2.75, 3.05) is 10.6 Å². The molecular formula is C20H10F6N2S2. The number of hydrogen-bond acceptors (Lipinski definition) is 2. The predicted octanol–water partition coefficient (Wildman–Crippen LogP) is 6.10. The van der Waals surface area contributed by atoms with Crippen LogP contribution in [0.1, 0.15) is 11.1 Å². The summed E-state index contributed by atoms with van der Waals surface area (Å²) in [5, 5.41) is 5.47. The first-order valence-electron chi connectivity index (χ1n) is 8.18. The molecular weight excluding hydrogens is 446 g/mol. The second-order valence-corrected chi connectivity index (χ2v) is 6.78. The van der Waals surface area contributed by atoms with Crippen molar-refractivity contribution in [3.05, 3.63) is 94.6 Å². The van der Waals surface area contributed by atoms with Crippen molar-refractivity contribution >= 4 is 45.8 Å². The van der Waals surface area contributed by atoms with Gasteiger partial charge in [0.1, 0.15) is 9.98 Å². The van der Waals surface area contributed by atoms with Crippen LogP contribution in [0.25, 0.3) is 0 Å². The normalized spacial score (nSPS) is 10.6. The van der Waals surface area contributed by atoms with E-state index < -0.39 is 34.9 Å². The highest BCUT2D eigenvalue weighted by Gasteiger charge is 2.16. The summed E-state index contributed by atoms with van der Waals surface area (Å²) in [4.78, 5) is -0.237. The Morgan fingerprint density at radius 1 is 0.567 bits per heavy atom. The summed E-state index contributed by atoms with van der Waals surface area (Å²) in [7, 11) is 0. The molecule has 154 valence electrons. The Morgan fingerprint density at radius 2 is 0.867 bits per heavy atom. The molecule has 2 nitrogen and oxygen atoms in total. The van der Waals surface area contributed by atoms with Gasteiger partial charge < -0.3 is 10.6 Å². The molecule has 0 aliphatic heterocycles. The van der Waals surface area contributed by atoms with E-state index in [1.165, 1.54) is 0 Å². The van der Waals surface area contributed by atoms with E-state index in [1.54, 1.807) is 24.3 Å². The van der Waals surface area contributed by atoms with Gasteiger partial charge in [-0.05, 0) is 36.4 Å². The Morgan fingerprint density at radius 3 is 1.17 bits per heavy atom. The molecule has 0 saturated carbocycles. The maximum Gasteiger partial charge on any atom is 0.194 e. The molecule has 0 heterocycles. The lowest BCUT2D eigenvalue weighted by molar-refractivity contribution is 0.447. The first-order valence-corrected chi connectivity index (χ1v) is 9.00. The van der Waals surface area contributed by atoms with Gasteiger partial charge in [-0.2, -0.15) is 0 Å². The number of thiocarbonyl (C=S) groups is 2. The molecule has 3 aromatic carbocycles. The summed E-state index contributed by atoms with van der Waals surface area (Å²) in [6.45, 7) is 0. The Kier molecular flexibility index (Phi) is 6.37. The van der Waals surface area contributed by atoms with Crippen LogP contribution in [-0.2, 0) is 0 Å². The minimum Gasteiger partial charge on any atom is -0.344 e. The van der Waals surface area contributed by atoms with Gasteiger partial charge in [-0.1, -0.05) is 36.6 Å². The van der Waals surface area contributed by atoms with Crippen molar-refractivity contribution in [2.24, 2.45) is 0 Å². The molecule has 0 bridgehead atoms. The van der Waals surface area contributed by atoms with Crippen LogP contribution in [0.5, 0.6) is 0 Å².